The van der Waals surface area contributed by atoms with Gasteiger partial charge in [-0.2, -0.15) is 0 Å². The van der Waals surface area contributed by atoms with Crippen LogP contribution >= 0.6 is 11.3 Å². The normalized spacial score (nSPS) is 27.9. The van der Waals surface area contributed by atoms with E-state index in [1.807, 2.05) is 6.92 Å². The summed E-state index contributed by atoms with van der Waals surface area (Å²) in [5.41, 5.74) is 6.69. The van der Waals surface area contributed by atoms with Crippen LogP contribution < -0.4 is 5.73 Å². The third-order valence-electron chi connectivity index (χ3n) is 2.52. The Hall–Kier alpha value is -0.450. The van der Waals surface area contributed by atoms with Crippen LogP contribution in [-0.4, -0.2) is 17.6 Å². The Morgan fingerprint density at radius 3 is 3.14 bits per heavy atom. The minimum atomic E-state index is 0.191. The Bertz CT molecular complexity index is 300. The Kier molecular flexibility index (Phi) is 3.15. The summed E-state index contributed by atoms with van der Waals surface area (Å²) < 4.78 is 5.86. The molecule has 14 heavy (non-hydrogen) atoms. The molecular formula is C10H16N2OS. The van der Waals surface area contributed by atoms with Crippen LogP contribution in [0.2, 0.25) is 0 Å². The second-order valence-electron chi connectivity index (χ2n) is 3.74. The molecule has 1 aromatic heterocycles. The molecule has 0 radical (unpaired) electrons. The van der Waals surface area contributed by atoms with E-state index in [0.29, 0.717) is 6.54 Å². The lowest BCUT2D eigenvalue weighted by Gasteiger charge is -2.27. The Labute approximate surface area is 88.3 Å². The number of nitrogens with two attached hydrogens (primary N) is 1. The molecule has 1 saturated heterocycles. The maximum Gasteiger partial charge on any atom is 0.122 e. The number of aromatic nitrogens is 1. The van der Waals surface area contributed by atoms with Crippen LogP contribution in [0.5, 0.6) is 0 Å². The largest absolute Gasteiger partial charge is 0.366 e. The zero-order valence-electron chi connectivity index (χ0n) is 8.40. The van der Waals surface area contributed by atoms with Gasteiger partial charge in [-0.1, -0.05) is 0 Å². The molecule has 78 valence electrons. The Morgan fingerprint density at radius 1 is 1.64 bits per heavy atom. The van der Waals surface area contributed by atoms with Gasteiger partial charge in [0.1, 0.15) is 11.1 Å². The average molecular weight is 212 g/mol. The zero-order chi connectivity index (χ0) is 9.97. The molecule has 2 atom stereocenters. The highest BCUT2D eigenvalue weighted by atomic mass is 32.1. The first-order chi connectivity index (χ1) is 6.79. The minimum Gasteiger partial charge on any atom is -0.366 e. The number of hydrogen-bond donors (Lipinski definition) is 1. The number of rotatable bonds is 2. The van der Waals surface area contributed by atoms with E-state index in [4.69, 9.17) is 10.5 Å². The van der Waals surface area contributed by atoms with Crippen molar-refractivity contribution in [2.45, 2.75) is 38.4 Å². The zero-order valence-corrected chi connectivity index (χ0v) is 9.22. The van der Waals surface area contributed by atoms with E-state index in [1.54, 1.807) is 11.3 Å². The first-order valence-corrected chi connectivity index (χ1v) is 5.95. The van der Waals surface area contributed by atoms with E-state index in [-0.39, 0.29) is 12.2 Å². The van der Waals surface area contributed by atoms with Crippen molar-refractivity contribution in [3.63, 3.8) is 0 Å². The van der Waals surface area contributed by atoms with Gasteiger partial charge in [-0.15, -0.1) is 11.3 Å². The van der Waals surface area contributed by atoms with E-state index >= 15 is 0 Å². The molecule has 2 unspecified atom stereocenters. The van der Waals surface area contributed by atoms with E-state index in [9.17, 15) is 0 Å². The van der Waals surface area contributed by atoms with E-state index < -0.39 is 0 Å². The SMILES string of the molecule is Cc1csc(C2CCCC(CN)O2)n1. The minimum absolute atomic E-state index is 0.191. The molecule has 0 aromatic carbocycles. The third kappa shape index (κ3) is 2.13. The molecule has 1 fully saturated rings. The van der Waals surface area contributed by atoms with Gasteiger partial charge in [-0.05, 0) is 26.2 Å². The van der Waals surface area contributed by atoms with Crippen LogP contribution in [0.3, 0.4) is 0 Å². The number of aryl methyl sites for hydroxylation is 1. The molecule has 2 heterocycles. The highest BCUT2D eigenvalue weighted by Crippen LogP contribution is 2.32. The molecule has 0 bridgehead atoms. The molecule has 0 aliphatic carbocycles. The summed E-state index contributed by atoms with van der Waals surface area (Å²) in [6.45, 7) is 2.64. The summed E-state index contributed by atoms with van der Waals surface area (Å²) in [5, 5.41) is 3.19. The smallest absolute Gasteiger partial charge is 0.122 e. The Balaban J connectivity index is 2.04. The highest BCUT2D eigenvalue weighted by molar-refractivity contribution is 7.09. The van der Waals surface area contributed by atoms with Crippen molar-refractivity contribution in [3.05, 3.63) is 16.1 Å². The van der Waals surface area contributed by atoms with Gasteiger partial charge in [0.15, 0.2) is 0 Å². The van der Waals surface area contributed by atoms with Crippen molar-refractivity contribution in [3.8, 4) is 0 Å². The number of hydrogen-bond acceptors (Lipinski definition) is 4. The monoisotopic (exact) mass is 212 g/mol. The summed E-state index contributed by atoms with van der Waals surface area (Å²) in [7, 11) is 0. The second-order valence-corrected chi connectivity index (χ2v) is 4.63. The highest BCUT2D eigenvalue weighted by Gasteiger charge is 2.24. The van der Waals surface area contributed by atoms with Crippen molar-refractivity contribution in [2.24, 2.45) is 5.73 Å². The molecule has 2 N–H and O–H groups in total. The topological polar surface area (TPSA) is 48.1 Å². The first kappa shape index (κ1) is 10.1. The maximum absolute atomic E-state index is 5.86. The van der Waals surface area contributed by atoms with Crippen LogP contribution in [-0.2, 0) is 4.74 Å². The van der Waals surface area contributed by atoms with Gasteiger partial charge in [-0.3, -0.25) is 0 Å². The summed E-state index contributed by atoms with van der Waals surface area (Å²) in [5.74, 6) is 0. The van der Waals surface area contributed by atoms with E-state index in [1.165, 1.54) is 6.42 Å². The molecule has 1 aromatic rings. The standard InChI is InChI=1S/C10H16N2OS/c1-7-6-14-10(12-7)9-4-2-3-8(5-11)13-9/h6,8-9H,2-5,11H2,1H3. The van der Waals surface area contributed by atoms with Crippen molar-refractivity contribution in [1.82, 2.24) is 4.98 Å². The van der Waals surface area contributed by atoms with Gasteiger partial charge in [0, 0.05) is 17.6 Å². The maximum atomic E-state index is 5.86. The van der Waals surface area contributed by atoms with Crippen molar-refractivity contribution < 1.29 is 4.74 Å². The third-order valence-corrected chi connectivity index (χ3v) is 3.58. The lowest BCUT2D eigenvalue weighted by atomic mass is 10.0. The molecule has 4 heteroatoms. The van der Waals surface area contributed by atoms with Gasteiger partial charge in [0.2, 0.25) is 0 Å². The molecular weight excluding hydrogens is 196 g/mol. The van der Waals surface area contributed by atoms with Gasteiger partial charge in [0.05, 0.1) is 6.10 Å². The van der Waals surface area contributed by atoms with E-state index in [0.717, 1.165) is 23.5 Å². The predicted octanol–water partition coefficient (Wildman–Crippen LogP) is 2.02. The molecule has 0 amide bonds. The fourth-order valence-electron chi connectivity index (χ4n) is 1.77. The van der Waals surface area contributed by atoms with Crippen LogP contribution in [0.15, 0.2) is 5.38 Å². The molecule has 2 rings (SSSR count). The number of nitrogens with zero attached hydrogens (tertiary/aromatic N) is 1. The van der Waals surface area contributed by atoms with Gasteiger partial charge in [0.25, 0.3) is 0 Å². The predicted molar refractivity (Wildman–Crippen MR) is 57.4 cm³/mol. The van der Waals surface area contributed by atoms with Crippen molar-refractivity contribution in [2.75, 3.05) is 6.54 Å². The number of ether oxygens (including phenoxy) is 1. The van der Waals surface area contributed by atoms with Gasteiger partial charge in [-0.25, -0.2) is 4.98 Å². The van der Waals surface area contributed by atoms with Crippen LogP contribution in [0.1, 0.15) is 36.1 Å². The molecule has 1 aliphatic heterocycles. The lowest BCUT2D eigenvalue weighted by molar-refractivity contribution is -0.0462. The fraction of sp³-hybridized carbons (Fsp3) is 0.700. The first-order valence-electron chi connectivity index (χ1n) is 5.07. The molecule has 0 saturated carbocycles. The molecule has 3 nitrogen and oxygen atoms in total. The molecule has 1 aliphatic rings. The molecule has 0 spiro atoms. The van der Waals surface area contributed by atoms with Gasteiger partial charge >= 0.3 is 0 Å². The average Bonchev–Trinajstić information content (AvgIpc) is 2.65. The van der Waals surface area contributed by atoms with Crippen LogP contribution in [0.25, 0.3) is 0 Å². The van der Waals surface area contributed by atoms with E-state index in [2.05, 4.69) is 10.4 Å². The number of thiazole rings is 1. The van der Waals surface area contributed by atoms with Crippen LogP contribution in [0.4, 0.5) is 0 Å². The van der Waals surface area contributed by atoms with Crippen molar-refractivity contribution in [1.29, 1.82) is 0 Å². The second kappa shape index (κ2) is 4.38. The van der Waals surface area contributed by atoms with Crippen molar-refractivity contribution >= 4 is 11.3 Å². The summed E-state index contributed by atoms with van der Waals surface area (Å²) in [6.07, 6.45) is 3.81. The summed E-state index contributed by atoms with van der Waals surface area (Å²) in [4.78, 5) is 4.46. The van der Waals surface area contributed by atoms with Crippen LogP contribution in [0, 0.1) is 6.92 Å². The van der Waals surface area contributed by atoms with Gasteiger partial charge < -0.3 is 10.5 Å². The summed E-state index contributed by atoms with van der Waals surface area (Å²) >= 11 is 1.69. The summed E-state index contributed by atoms with van der Waals surface area (Å²) in [6, 6.07) is 0. The Morgan fingerprint density at radius 2 is 2.50 bits per heavy atom. The lowest BCUT2D eigenvalue weighted by Crippen LogP contribution is -2.29. The quantitative estimate of drug-likeness (QED) is 0.816. The fourth-order valence-corrected chi connectivity index (χ4v) is 2.64.